The van der Waals surface area contributed by atoms with Gasteiger partial charge in [-0.3, -0.25) is 9.98 Å². The summed E-state index contributed by atoms with van der Waals surface area (Å²) in [5.74, 6) is -1.67. The Kier molecular flexibility index (Phi) is 22.2. The average Bonchev–Trinajstić information content (AvgIpc) is 2.76. The van der Waals surface area contributed by atoms with Crippen molar-refractivity contribution < 1.29 is 75.3 Å². The molecule has 0 saturated carbocycles. The molecule has 2 unspecified atom stereocenters. The Morgan fingerprint density at radius 2 is 1.06 bits per heavy atom. The number of nitrogens with zero attached hydrogens (tertiary/aromatic N) is 2. The van der Waals surface area contributed by atoms with Crippen molar-refractivity contribution in [2.24, 2.45) is 9.98 Å². The molecule has 11 heteroatoms. The Bertz CT molecular complexity index is 868. The van der Waals surface area contributed by atoms with Crippen molar-refractivity contribution in [3.63, 3.8) is 0 Å². The molecule has 0 radical (unpaired) electrons. The van der Waals surface area contributed by atoms with Gasteiger partial charge in [-0.1, -0.05) is 51.0 Å². The molecule has 0 aliphatic rings. The maximum absolute atomic E-state index is 10.8. The Labute approximate surface area is 231 Å². The van der Waals surface area contributed by atoms with Crippen LogP contribution in [0.2, 0.25) is 0 Å². The SMILES string of the molecule is CCCC(N=Cc1ccccc1O)C(=O)O.CCCC(N=Cc1ccccc1O)C(=O)O.[Cl-].[Cl-].[Pd+2]. The second-order valence-electron chi connectivity index (χ2n) is 6.96. The third kappa shape index (κ3) is 14.5. The van der Waals surface area contributed by atoms with Gasteiger partial charge in [-0.2, -0.15) is 0 Å². The van der Waals surface area contributed by atoms with Gasteiger partial charge in [0, 0.05) is 23.6 Å². The largest absolute Gasteiger partial charge is 2.00 e. The first-order valence-electron chi connectivity index (χ1n) is 10.4. The summed E-state index contributed by atoms with van der Waals surface area (Å²) in [4.78, 5) is 29.6. The van der Waals surface area contributed by atoms with E-state index in [1.165, 1.54) is 24.6 Å². The van der Waals surface area contributed by atoms with E-state index in [0.717, 1.165) is 12.8 Å². The van der Waals surface area contributed by atoms with E-state index < -0.39 is 24.0 Å². The van der Waals surface area contributed by atoms with Crippen LogP contribution in [0.5, 0.6) is 11.5 Å². The predicted molar refractivity (Wildman–Crippen MR) is 124 cm³/mol. The van der Waals surface area contributed by atoms with Gasteiger partial charge in [0.2, 0.25) is 0 Å². The summed E-state index contributed by atoms with van der Waals surface area (Å²) < 4.78 is 0. The number of aromatic hydroxyl groups is 2. The number of phenols is 2. The van der Waals surface area contributed by atoms with Gasteiger partial charge in [-0.25, -0.2) is 9.59 Å². The molecular weight excluding hydrogens is 590 g/mol. The summed E-state index contributed by atoms with van der Waals surface area (Å²) in [6.07, 6.45) is 5.33. The molecule has 2 aromatic carbocycles. The first-order chi connectivity index (χ1) is 15.3. The van der Waals surface area contributed by atoms with Crippen LogP contribution in [0.4, 0.5) is 0 Å². The van der Waals surface area contributed by atoms with Crippen LogP contribution in [0.25, 0.3) is 0 Å². The van der Waals surface area contributed by atoms with Crippen LogP contribution >= 0.6 is 0 Å². The summed E-state index contributed by atoms with van der Waals surface area (Å²) in [6.45, 7) is 3.82. The molecule has 0 amide bonds. The normalized spacial score (nSPS) is 11.7. The molecule has 0 bridgehead atoms. The molecule has 4 N–H and O–H groups in total. The Balaban J connectivity index is -0.000000539. The van der Waals surface area contributed by atoms with E-state index in [9.17, 15) is 19.8 Å². The average molecular weight is 620 g/mol. The van der Waals surface area contributed by atoms with Gasteiger partial charge in [-0.15, -0.1) is 0 Å². The molecule has 2 atom stereocenters. The van der Waals surface area contributed by atoms with Gasteiger partial charge in [-0.05, 0) is 37.1 Å². The van der Waals surface area contributed by atoms with Crippen LogP contribution in [0, 0.1) is 0 Å². The molecule has 0 heterocycles. The minimum absolute atomic E-state index is 0. The van der Waals surface area contributed by atoms with Crippen molar-refractivity contribution in [1.29, 1.82) is 0 Å². The molecule has 0 aliphatic carbocycles. The molecule has 0 aromatic heterocycles. The number of halogens is 2. The van der Waals surface area contributed by atoms with E-state index in [-0.39, 0.29) is 56.7 Å². The number of hydrogen-bond donors (Lipinski definition) is 4. The zero-order valence-electron chi connectivity index (χ0n) is 19.3. The number of carboxylic acids is 2. The van der Waals surface area contributed by atoms with Crippen LogP contribution in [0.1, 0.15) is 50.7 Å². The van der Waals surface area contributed by atoms with E-state index in [4.69, 9.17) is 10.2 Å². The number of aliphatic imine (C=N–C) groups is 2. The van der Waals surface area contributed by atoms with Crippen molar-refractivity contribution in [2.75, 3.05) is 0 Å². The fraction of sp³-hybridized carbons (Fsp3) is 0.333. The molecule has 35 heavy (non-hydrogen) atoms. The number of carbonyl (C=O) groups is 2. The number of carboxylic acid groups (broad SMARTS) is 2. The van der Waals surface area contributed by atoms with E-state index in [1.807, 2.05) is 13.8 Å². The second kappa shape index (κ2) is 20.9. The molecular formula is C24H30Cl2N2O6Pd. The minimum Gasteiger partial charge on any atom is -1.00 e. The van der Waals surface area contributed by atoms with Crippen molar-refractivity contribution >= 4 is 24.4 Å². The zero-order chi connectivity index (χ0) is 23.9. The topological polar surface area (TPSA) is 140 Å². The number of para-hydroxylation sites is 2. The third-order valence-electron chi connectivity index (χ3n) is 4.35. The molecule has 0 fully saturated rings. The summed E-state index contributed by atoms with van der Waals surface area (Å²) in [6, 6.07) is 11.9. The van der Waals surface area contributed by atoms with E-state index in [2.05, 4.69) is 9.98 Å². The summed E-state index contributed by atoms with van der Waals surface area (Å²) >= 11 is 0. The van der Waals surface area contributed by atoms with Crippen molar-refractivity contribution in [2.45, 2.75) is 51.6 Å². The number of phenolic OH excluding ortho intramolecular Hbond substituents is 2. The fourth-order valence-corrected chi connectivity index (χ4v) is 2.60. The Morgan fingerprint density at radius 1 is 0.743 bits per heavy atom. The van der Waals surface area contributed by atoms with Crippen LogP contribution < -0.4 is 24.8 Å². The molecule has 196 valence electrons. The van der Waals surface area contributed by atoms with E-state index >= 15 is 0 Å². The maximum Gasteiger partial charge on any atom is 2.00 e. The fourth-order valence-electron chi connectivity index (χ4n) is 2.60. The predicted octanol–water partition coefficient (Wildman–Crippen LogP) is -1.87. The summed E-state index contributed by atoms with van der Waals surface area (Å²) in [7, 11) is 0. The Morgan fingerprint density at radius 3 is 1.31 bits per heavy atom. The molecule has 2 aromatic rings. The number of rotatable bonds is 10. The summed E-state index contributed by atoms with van der Waals surface area (Å²) in [5, 5.41) is 36.7. The van der Waals surface area contributed by atoms with Gasteiger partial charge in [0.1, 0.15) is 23.6 Å². The van der Waals surface area contributed by atoms with Gasteiger partial charge in [0.25, 0.3) is 0 Å². The van der Waals surface area contributed by atoms with Crippen LogP contribution in [-0.2, 0) is 30.0 Å². The van der Waals surface area contributed by atoms with E-state index in [1.54, 1.807) is 36.4 Å². The van der Waals surface area contributed by atoms with Gasteiger partial charge in [0.15, 0.2) is 0 Å². The standard InChI is InChI=1S/2C12H15NO3.2ClH.Pd/c2*1-2-5-10(12(15)16)13-8-9-6-3-4-7-11(9)14;;;/h2*3-4,6-8,10,14H,2,5H2,1H3,(H,15,16);2*1H;/q;;;;+2/p-2. The molecule has 0 saturated heterocycles. The maximum atomic E-state index is 10.8. The third-order valence-corrected chi connectivity index (χ3v) is 4.35. The van der Waals surface area contributed by atoms with Gasteiger partial charge >= 0.3 is 32.4 Å². The van der Waals surface area contributed by atoms with Crippen LogP contribution in [-0.4, -0.2) is 56.9 Å². The zero-order valence-corrected chi connectivity index (χ0v) is 22.4. The van der Waals surface area contributed by atoms with Gasteiger partial charge < -0.3 is 45.2 Å². The first-order valence-corrected chi connectivity index (χ1v) is 10.4. The Hall–Kier alpha value is -2.44. The van der Waals surface area contributed by atoms with Crippen LogP contribution in [0.15, 0.2) is 58.5 Å². The van der Waals surface area contributed by atoms with Crippen LogP contribution in [0.3, 0.4) is 0 Å². The molecule has 0 aliphatic heterocycles. The van der Waals surface area contributed by atoms with Crippen molar-refractivity contribution in [3.8, 4) is 11.5 Å². The van der Waals surface area contributed by atoms with Gasteiger partial charge in [0.05, 0.1) is 0 Å². The van der Waals surface area contributed by atoms with E-state index in [0.29, 0.717) is 24.0 Å². The first kappa shape index (κ1) is 37.1. The molecule has 8 nitrogen and oxygen atoms in total. The van der Waals surface area contributed by atoms with Crippen molar-refractivity contribution in [1.82, 2.24) is 0 Å². The monoisotopic (exact) mass is 618 g/mol. The molecule has 2 rings (SSSR count). The number of hydrogen-bond acceptors (Lipinski definition) is 6. The smallest absolute Gasteiger partial charge is 1.00 e. The molecule has 0 spiro atoms. The number of aliphatic carboxylic acids is 2. The quantitative estimate of drug-likeness (QED) is 0.182. The second-order valence-corrected chi connectivity index (χ2v) is 6.96. The number of benzene rings is 2. The van der Waals surface area contributed by atoms with Crippen molar-refractivity contribution in [3.05, 3.63) is 59.7 Å². The summed E-state index contributed by atoms with van der Waals surface area (Å²) in [5.41, 5.74) is 1.06. The minimum atomic E-state index is -0.937.